The van der Waals surface area contributed by atoms with Crippen LogP contribution in [-0.4, -0.2) is 77.6 Å². The molecule has 0 spiro atoms. The number of hydrogen-bond donors (Lipinski definition) is 1. The number of piperidine rings is 1. The molecule has 1 unspecified atom stereocenters. The second-order valence-electron chi connectivity index (χ2n) is 5.73. The van der Waals surface area contributed by atoms with Crippen LogP contribution >= 0.6 is 0 Å². The van der Waals surface area contributed by atoms with Crippen molar-refractivity contribution in [2.75, 3.05) is 45.8 Å². The summed E-state index contributed by atoms with van der Waals surface area (Å²) in [4.78, 5) is 29.4. The average Bonchev–Trinajstić information content (AvgIpc) is 2.48. The molecule has 2 aliphatic heterocycles. The number of rotatable bonds is 3. The lowest BCUT2D eigenvalue weighted by Crippen LogP contribution is -2.54. The number of aliphatic carboxylic acids is 1. The van der Waals surface area contributed by atoms with E-state index in [2.05, 4.69) is 11.8 Å². The molecule has 2 fully saturated rings. The van der Waals surface area contributed by atoms with Gasteiger partial charge in [0.1, 0.15) is 0 Å². The van der Waals surface area contributed by atoms with Crippen molar-refractivity contribution in [2.24, 2.45) is 5.92 Å². The first-order chi connectivity index (χ1) is 9.61. The second-order valence-corrected chi connectivity index (χ2v) is 5.73. The van der Waals surface area contributed by atoms with E-state index in [-0.39, 0.29) is 6.03 Å². The Labute approximate surface area is 120 Å². The van der Waals surface area contributed by atoms with Crippen molar-refractivity contribution in [3.63, 3.8) is 0 Å². The van der Waals surface area contributed by atoms with Gasteiger partial charge in [-0.3, -0.25) is 9.69 Å². The highest BCUT2D eigenvalue weighted by Gasteiger charge is 2.31. The van der Waals surface area contributed by atoms with Crippen molar-refractivity contribution in [3.8, 4) is 0 Å². The third-order valence-corrected chi connectivity index (χ3v) is 4.22. The van der Waals surface area contributed by atoms with E-state index in [9.17, 15) is 9.59 Å². The molecule has 1 N–H and O–H groups in total. The second kappa shape index (κ2) is 6.92. The fraction of sp³-hybridized carbons (Fsp3) is 0.857. The number of urea groups is 1. The van der Waals surface area contributed by atoms with Crippen LogP contribution in [0.5, 0.6) is 0 Å². The lowest BCUT2D eigenvalue weighted by molar-refractivity contribution is -0.143. The van der Waals surface area contributed by atoms with Crippen LogP contribution in [0, 0.1) is 5.92 Å². The molecule has 0 aliphatic carbocycles. The molecule has 0 radical (unpaired) electrons. The Bertz CT molecular complexity index is 354. The molecule has 2 amide bonds. The van der Waals surface area contributed by atoms with Crippen LogP contribution in [0.3, 0.4) is 0 Å². The van der Waals surface area contributed by atoms with E-state index >= 15 is 0 Å². The summed E-state index contributed by atoms with van der Waals surface area (Å²) in [6, 6.07) is 0.0205. The maximum absolute atomic E-state index is 12.4. The highest BCUT2D eigenvalue weighted by atomic mass is 16.4. The molecule has 0 aromatic heterocycles. The Hall–Kier alpha value is -1.30. The number of carbonyl (C=O) groups is 2. The number of piperazine rings is 1. The minimum absolute atomic E-state index is 0.0205. The quantitative estimate of drug-likeness (QED) is 0.837. The largest absolute Gasteiger partial charge is 0.481 e. The summed E-state index contributed by atoms with van der Waals surface area (Å²) < 4.78 is 0. The molecule has 0 saturated carbocycles. The SMILES string of the molecule is CCCN1CCN(C(=O)N2CCCC(C(=O)O)C2)CC1. The van der Waals surface area contributed by atoms with Gasteiger partial charge in [0.15, 0.2) is 0 Å². The van der Waals surface area contributed by atoms with E-state index in [1.165, 1.54) is 0 Å². The lowest BCUT2D eigenvalue weighted by Gasteiger charge is -2.39. The van der Waals surface area contributed by atoms with Gasteiger partial charge in [-0.25, -0.2) is 4.79 Å². The van der Waals surface area contributed by atoms with E-state index in [0.29, 0.717) is 19.5 Å². The number of carboxylic acid groups (broad SMARTS) is 1. The maximum Gasteiger partial charge on any atom is 0.320 e. The number of likely N-dealkylation sites (tertiary alicyclic amines) is 1. The summed E-state index contributed by atoms with van der Waals surface area (Å²) in [6.07, 6.45) is 2.61. The zero-order valence-electron chi connectivity index (χ0n) is 12.3. The normalized spacial score (nSPS) is 24.8. The number of nitrogens with zero attached hydrogens (tertiary/aromatic N) is 3. The van der Waals surface area contributed by atoms with Crippen molar-refractivity contribution >= 4 is 12.0 Å². The van der Waals surface area contributed by atoms with Gasteiger partial charge in [0.05, 0.1) is 5.92 Å². The van der Waals surface area contributed by atoms with Gasteiger partial charge in [0.2, 0.25) is 0 Å². The molecule has 0 aromatic carbocycles. The minimum Gasteiger partial charge on any atom is -0.481 e. The van der Waals surface area contributed by atoms with Gasteiger partial charge >= 0.3 is 12.0 Å². The third-order valence-electron chi connectivity index (χ3n) is 4.22. The van der Waals surface area contributed by atoms with Gasteiger partial charge in [-0.15, -0.1) is 0 Å². The molecule has 0 aromatic rings. The lowest BCUT2D eigenvalue weighted by atomic mass is 9.98. The van der Waals surface area contributed by atoms with Crippen LogP contribution in [0.4, 0.5) is 4.79 Å². The topological polar surface area (TPSA) is 64.1 Å². The first kappa shape index (κ1) is 15.1. The standard InChI is InChI=1S/C14H25N3O3/c1-2-5-15-7-9-16(10-8-15)14(20)17-6-3-4-12(11-17)13(18)19/h12H,2-11H2,1H3,(H,18,19). The smallest absolute Gasteiger partial charge is 0.320 e. The Morgan fingerprint density at radius 2 is 1.80 bits per heavy atom. The molecule has 1 atom stereocenters. The van der Waals surface area contributed by atoms with E-state index in [1.807, 2.05) is 4.90 Å². The molecule has 2 saturated heterocycles. The van der Waals surface area contributed by atoms with Gasteiger partial charge in [-0.2, -0.15) is 0 Å². The summed E-state index contributed by atoms with van der Waals surface area (Å²) >= 11 is 0. The predicted octanol–water partition coefficient (Wildman–Crippen LogP) is 0.931. The summed E-state index contributed by atoms with van der Waals surface area (Å²) in [5.74, 6) is -1.18. The van der Waals surface area contributed by atoms with Crippen molar-refractivity contribution in [1.82, 2.24) is 14.7 Å². The Balaban J connectivity index is 1.84. The number of carbonyl (C=O) groups excluding carboxylic acids is 1. The summed E-state index contributed by atoms with van der Waals surface area (Å²) in [5.41, 5.74) is 0. The summed E-state index contributed by atoms with van der Waals surface area (Å²) in [6.45, 7) is 7.68. The van der Waals surface area contributed by atoms with Crippen molar-refractivity contribution in [1.29, 1.82) is 0 Å². The predicted molar refractivity (Wildman–Crippen MR) is 75.6 cm³/mol. The van der Waals surface area contributed by atoms with Crippen LogP contribution in [0.2, 0.25) is 0 Å². The summed E-state index contributed by atoms with van der Waals surface area (Å²) in [5, 5.41) is 9.08. The molecule has 2 heterocycles. The highest BCUT2D eigenvalue weighted by Crippen LogP contribution is 2.18. The van der Waals surface area contributed by atoms with Crippen LogP contribution in [0.25, 0.3) is 0 Å². The zero-order valence-corrected chi connectivity index (χ0v) is 12.3. The Morgan fingerprint density at radius 3 is 2.40 bits per heavy atom. The van der Waals surface area contributed by atoms with Crippen molar-refractivity contribution in [2.45, 2.75) is 26.2 Å². The number of carboxylic acids is 1. The van der Waals surface area contributed by atoms with Gasteiger partial charge in [-0.1, -0.05) is 6.92 Å². The van der Waals surface area contributed by atoms with E-state index in [1.54, 1.807) is 4.90 Å². The van der Waals surface area contributed by atoms with Gasteiger partial charge in [0, 0.05) is 39.3 Å². The first-order valence-electron chi connectivity index (χ1n) is 7.60. The number of amides is 2. The molecule has 114 valence electrons. The fourth-order valence-electron chi connectivity index (χ4n) is 3.03. The van der Waals surface area contributed by atoms with Crippen molar-refractivity contribution in [3.05, 3.63) is 0 Å². The number of hydrogen-bond acceptors (Lipinski definition) is 3. The monoisotopic (exact) mass is 283 g/mol. The highest BCUT2D eigenvalue weighted by molar-refractivity contribution is 5.76. The Morgan fingerprint density at radius 1 is 1.10 bits per heavy atom. The van der Waals surface area contributed by atoms with E-state index in [4.69, 9.17) is 5.11 Å². The van der Waals surface area contributed by atoms with Gasteiger partial charge in [0.25, 0.3) is 0 Å². The van der Waals surface area contributed by atoms with Crippen LogP contribution < -0.4 is 0 Å². The Kier molecular flexibility index (Phi) is 5.23. The van der Waals surface area contributed by atoms with Crippen LogP contribution in [0.15, 0.2) is 0 Å². The average molecular weight is 283 g/mol. The molecular weight excluding hydrogens is 258 g/mol. The summed E-state index contributed by atoms with van der Waals surface area (Å²) in [7, 11) is 0. The molecule has 2 rings (SSSR count). The van der Waals surface area contributed by atoms with Crippen LogP contribution in [0.1, 0.15) is 26.2 Å². The van der Waals surface area contributed by atoms with Gasteiger partial charge in [-0.05, 0) is 25.8 Å². The van der Waals surface area contributed by atoms with Gasteiger partial charge < -0.3 is 14.9 Å². The van der Waals surface area contributed by atoms with Crippen LogP contribution in [-0.2, 0) is 4.79 Å². The molecule has 0 bridgehead atoms. The molecule has 20 heavy (non-hydrogen) atoms. The minimum atomic E-state index is -0.782. The molecular formula is C14H25N3O3. The molecule has 2 aliphatic rings. The fourth-order valence-corrected chi connectivity index (χ4v) is 3.03. The first-order valence-corrected chi connectivity index (χ1v) is 7.60. The van der Waals surface area contributed by atoms with Crippen molar-refractivity contribution < 1.29 is 14.7 Å². The molecule has 6 heteroatoms. The molecule has 6 nitrogen and oxygen atoms in total. The van der Waals surface area contributed by atoms with E-state index in [0.717, 1.165) is 45.6 Å². The maximum atomic E-state index is 12.4. The van der Waals surface area contributed by atoms with E-state index < -0.39 is 11.9 Å². The third kappa shape index (κ3) is 3.62. The zero-order chi connectivity index (χ0) is 14.5.